The maximum atomic E-state index is 6.36. The van der Waals surface area contributed by atoms with Crippen LogP contribution in [0.3, 0.4) is 0 Å². The van der Waals surface area contributed by atoms with Crippen LogP contribution in [0.2, 0.25) is 10.0 Å². The molecule has 100 valence electrons. The van der Waals surface area contributed by atoms with Gasteiger partial charge in [-0.2, -0.15) is 0 Å². The van der Waals surface area contributed by atoms with E-state index in [4.69, 9.17) is 28.9 Å². The van der Waals surface area contributed by atoms with Crippen LogP contribution in [-0.2, 0) is 6.42 Å². The lowest BCUT2D eigenvalue weighted by Gasteiger charge is -2.22. The zero-order valence-electron chi connectivity index (χ0n) is 10.7. The normalized spacial score (nSPS) is 19.5. The maximum absolute atomic E-state index is 6.36. The number of rotatable bonds is 3. The quantitative estimate of drug-likeness (QED) is 0.791. The SMILES string of the molecule is NC(Cc1ccc(Cl)c(Cl)c1)C1CCCCCC1. The van der Waals surface area contributed by atoms with E-state index in [1.54, 1.807) is 0 Å². The van der Waals surface area contributed by atoms with Crippen LogP contribution < -0.4 is 5.73 Å². The average Bonchev–Trinajstić information content (AvgIpc) is 2.62. The molecule has 1 nitrogen and oxygen atoms in total. The van der Waals surface area contributed by atoms with Gasteiger partial charge in [-0.05, 0) is 42.9 Å². The Balaban J connectivity index is 1.96. The Bertz CT molecular complexity index is 384. The Labute approximate surface area is 120 Å². The van der Waals surface area contributed by atoms with Gasteiger partial charge in [0.15, 0.2) is 0 Å². The third kappa shape index (κ3) is 3.88. The lowest BCUT2D eigenvalue weighted by molar-refractivity contribution is 0.372. The molecule has 1 aliphatic rings. The fourth-order valence-electron chi connectivity index (χ4n) is 2.84. The molecule has 1 aliphatic carbocycles. The molecule has 1 aromatic carbocycles. The second kappa shape index (κ2) is 6.79. The van der Waals surface area contributed by atoms with Crippen molar-refractivity contribution in [3.63, 3.8) is 0 Å². The summed E-state index contributed by atoms with van der Waals surface area (Å²) in [6.07, 6.45) is 8.87. The van der Waals surface area contributed by atoms with Crippen molar-refractivity contribution in [3.05, 3.63) is 33.8 Å². The van der Waals surface area contributed by atoms with Gasteiger partial charge in [-0.25, -0.2) is 0 Å². The van der Waals surface area contributed by atoms with E-state index in [2.05, 4.69) is 0 Å². The van der Waals surface area contributed by atoms with Crippen LogP contribution in [0.5, 0.6) is 0 Å². The molecule has 3 heteroatoms. The molecule has 1 aromatic rings. The molecule has 2 N–H and O–H groups in total. The predicted molar refractivity (Wildman–Crippen MR) is 79.3 cm³/mol. The highest BCUT2D eigenvalue weighted by Gasteiger charge is 2.19. The molecular weight excluding hydrogens is 265 g/mol. The third-order valence-corrected chi connectivity index (χ3v) is 4.70. The van der Waals surface area contributed by atoms with Crippen molar-refractivity contribution in [2.75, 3.05) is 0 Å². The molecule has 18 heavy (non-hydrogen) atoms. The van der Waals surface area contributed by atoms with Gasteiger partial charge in [0.25, 0.3) is 0 Å². The van der Waals surface area contributed by atoms with Crippen molar-refractivity contribution in [1.82, 2.24) is 0 Å². The summed E-state index contributed by atoms with van der Waals surface area (Å²) >= 11 is 12.0. The number of nitrogens with two attached hydrogens (primary N) is 1. The Morgan fingerprint density at radius 3 is 2.33 bits per heavy atom. The van der Waals surface area contributed by atoms with Crippen LogP contribution in [-0.4, -0.2) is 6.04 Å². The van der Waals surface area contributed by atoms with E-state index < -0.39 is 0 Å². The van der Waals surface area contributed by atoms with Gasteiger partial charge in [-0.3, -0.25) is 0 Å². The van der Waals surface area contributed by atoms with Crippen LogP contribution in [0, 0.1) is 5.92 Å². The first-order valence-corrected chi connectivity index (χ1v) is 7.62. The fourth-order valence-corrected chi connectivity index (χ4v) is 3.17. The van der Waals surface area contributed by atoms with Gasteiger partial charge in [0.1, 0.15) is 0 Å². The molecule has 0 aliphatic heterocycles. The van der Waals surface area contributed by atoms with Crippen LogP contribution >= 0.6 is 23.2 Å². The summed E-state index contributed by atoms with van der Waals surface area (Å²) in [6, 6.07) is 6.09. The number of hydrogen-bond acceptors (Lipinski definition) is 1. The van der Waals surface area contributed by atoms with Crippen molar-refractivity contribution in [2.45, 2.75) is 51.0 Å². The standard InChI is InChI=1S/C15H21Cl2N/c16-13-8-7-11(9-14(13)17)10-15(18)12-5-3-1-2-4-6-12/h7-9,12,15H,1-6,10,18H2. The average molecular weight is 286 g/mol. The highest BCUT2D eigenvalue weighted by Crippen LogP contribution is 2.28. The molecule has 1 fully saturated rings. The van der Waals surface area contributed by atoms with Crippen molar-refractivity contribution < 1.29 is 0 Å². The van der Waals surface area contributed by atoms with Crippen LogP contribution in [0.4, 0.5) is 0 Å². The van der Waals surface area contributed by atoms with Crippen LogP contribution in [0.15, 0.2) is 18.2 Å². The first-order chi connectivity index (χ1) is 8.66. The summed E-state index contributed by atoms with van der Waals surface area (Å²) in [4.78, 5) is 0. The molecule has 0 heterocycles. The van der Waals surface area contributed by atoms with E-state index in [9.17, 15) is 0 Å². The van der Waals surface area contributed by atoms with E-state index in [-0.39, 0.29) is 6.04 Å². The zero-order chi connectivity index (χ0) is 13.0. The largest absolute Gasteiger partial charge is 0.327 e. The first kappa shape index (κ1) is 14.2. The minimum absolute atomic E-state index is 0.250. The van der Waals surface area contributed by atoms with Crippen molar-refractivity contribution >= 4 is 23.2 Å². The van der Waals surface area contributed by atoms with Crippen molar-refractivity contribution in [3.8, 4) is 0 Å². The van der Waals surface area contributed by atoms with Gasteiger partial charge in [-0.15, -0.1) is 0 Å². The minimum atomic E-state index is 0.250. The topological polar surface area (TPSA) is 26.0 Å². The van der Waals surface area contributed by atoms with Gasteiger partial charge in [-0.1, -0.05) is 55.0 Å². The zero-order valence-corrected chi connectivity index (χ0v) is 12.2. The van der Waals surface area contributed by atoms with Gasteiger partial charge >= 0.3 is 0 Å². The number of halogens is 2. The van der Waals surface area contributed by atoms with Gasteiger partial charge < -0.3 is 5.73 Å². The molecule has 0 bridgehead atoms. The third-order valence-electron chi connectivity index (χ3n) is 3.96. The summed E-state index contributed by atoms with van der Waals surface area (Å²) in [7, 11) is 0. The molecule has 0 saturated heterocycles. The smallest absolute Gasteiger partial charge is 0.0595 e. The highest BCUT2D eigenvalue weighted by molar-refractivity contribution is 6.42. The molecule has 0 radical (unpaired) electrons. The summed E-state index contributed by atoms with van der Waals surface area (Å²) in [5, 5.41) is 1.24. The maximum Gasteiger partial charge on any atom is 0.0595 e. The molecule has 1 atom stereocenters. The van der Waals surface area contributed by atoms with E-state index >= 15 is 0 Å². The summed E-state index contributed by atoms with van der Waals surface area (Å²) in [6.45, 7) is 0. The minimum Gasteiger partial charge on any atom is -0.327 e. The van der Waals surface area contributed by atoms with E-state index in [1.807, 2.05) is 18.2 Å². The Morgan fingerprint density at radius 1 is 1.06 bits per heavy atom. The Hall–Kier alpha value is -0.240. The second-order valence-electron chi connectivity index (χ2n) is 5.37. The lowest BCUT2D eigenvalue weighted by atomic mass is 9.88. The molecular formula is C15H21Cl2N. The molecule has 2 rings (SSSR count). The van der Waals surface area contributed by atoms with Crippen LogP contribution in [0.25, 0.3) is 0 Å². The predicted octanol–water partition coefficient (Wildman–Crippen LogP) is 4.83. The highest BCUT2D eigenvalue weighted by atomic mass is 35.5. The Kier molecular flexibility index (Phi) is 5.35. The fraction of sp³-hybridized carbons (Fsp3) is 0.600. The molecule has 1 saturated carbocycles. The summed E-state index contributed by atoms with van der Waals surface area (Å²) in [5.41, 5.74) is 7.56. The molecule has 0 spiro atoms. The van der Waals surface area contributed by atoms with Crippen molar-refractivity contribution in [2.24, 2.45) is 11.7 Å². The van der Waals surface area contributed by atoms with E-state index in [0.29, 0.717) is 16.0 Å². The summed E-state index contributed by atoms with van der Waals surface area (Å²) < 4.78 is 0. The molecule has 0 aromatic heterocycles. The van der Waals surface area contributed by atoms with Crippen LogP contribution in [0.1, 0.15) is 44.1 Å². The lowest BCUT2D eigenvalue weighted by Crippen LogP contribution is -2.32. The Morgan fingerprint density at radius 2 is 1.72 bits per heavy atom. The monoisotopic (exact) mass is 285 g/mol. The molecule has 1 unspecified atom stereocenters. The summed E-state index contributed by atoms with van der Waals surface area (Å²) in [5.74, 6) is 0.668. The second-order valence-corrected chi connectivity index (χ2v) is 6.18. The molecule has 0 amide bonds. The first-order valence-electron chi connectivity index (χ1n) is 6.86. The van der Waals surface area contributed by atoms with Gasteiger partial charge in [0.05, 0.1) is 10.0 Å². The van der Waals surface area contributed by atoms with Gasteiger partial charge in [0.2, 0.25) is 0 Å². The number of benzene rings is 1. The van der Waals surface area contributed by atoms with Crippen molar-refractivity contribution in [1.29, 1.82) is 0 Å². The number of hydrogen-bond donors (Lipinski definition) is 1. The van der Waals surface area contributed by atoms with E-state index in [1.165, 1.54) is 44.1 Å². The van der Waals surface area contributed by atoms with E-state index in [0.717, 1.165) is 6.42 Å². The van der Waals surface area contributed by atoms with Gasteiger partial charge in [0, 0.05) is 6.04 Å².